The number of amides is 1. The molecule has 27 heavy (non-hydrogen) atoms. The number of anilines is 1. The zero-order chi connectivity index (χ0) is 19.4. The fourth-order valence-corrected chi connectivity index (χ4v) is 3.84. The van der Waals surface area contributed by atoms with E-state index >= 15 is 0 Å². The van der Waals surface area contributed by atoms with Crippen molar-refractivity contribution in [3.05, 3.63) is 52.2 Å². The van der Waals surface area contributed by atoms with Crippen molar-refractivity contribution >= 4 is 22.9 Å². The van der Waals surface area contributed by atoms with Crippen LogP contribution < -0.4 is 4.90 Å². The SMILES string of the molecule is CN(Cc1cccs1)C(=O)CN1CCN(c2cccc(C(F)(F)F)c2)CC1. The number of piperazine rings is 1. The van der Waals surface area contributed by atoms with E-state index in [-0.39, 0.29) is 5.91 Å². The predicted molar refractivity (Wildman–Crippen MR) is 101 cm³/mol. The van der Waals surface area contributed by atoms with E-state index in [1.807, 2.05) is 22.4 Å². The molecular formula is C19H22F3N3OS. The molecule has 3 rings (SSSR count). The van der Waals surface area contributed by atoms with E-state index in [9.17, 15) is 18.0 Å². The molecule has 8 heteroatoms. The molecule has 0 bridgehead atoms. The van der Waals surface area contributed by atoms with Crippen LogP contribution in [0.3, 0.4) is 0 Å². The van der Waals surface area contributed by atoms with Crippen molar-refractivity contribution in [3.8, 4) is 0 Å². The number of carbonyl (C=O) groups is 1. The van der Waals surface area contributed by atoms with Crippen LogP contribution in [0.4, 0.5) is 18.9 Å². The lowest BCUT2D eigenvalue weighted by Gasteiger charge is -2.36. The molecule has 1 saturated heterocycles. The van der Waals surface area contributed by atoms with Crippen molar-refractivity contribution in [2.24, 2.45) is 0 Å². The average molecular weight is 397 g/mol. The number of benzene rings is 1. The van der Waals surface area contributed by atoms with E-state index in [1.165, 1.54) is 12.1 Å². The van der Waals surface area contributed by atoms with Gasteiger partial charge in [-0.05, 0) is 29.6 Å². The van der Waals surface area contributed by atoms with Gasteiger partial charge in [0.25, 0.3) is 0 Å². The van der Waals surface area contributed by atoms with Gasteiger partial charge in [-0.25, -0.2) is 0 Å². The van der Waals surface area contributed by atoms with E-state index in [0.717, 1.165) is 10.9 Å². The summed E-state index contributed by atoms with van der Waals surface area (Å²) in [7, 11) is 1.79. The van der Waals surface area contributed by atoms with Gasteiger partial charge in [-0.3, -0.25) is 9.69 Å². The molecule has 1 amide bonds. The summed E-state index contributed by atoms with van der Waals surface area (Å²) >= 11 is 1.62. The van der Waals surface area contributed by atoms with Crippen LogP contribution >= 0.6 is 11.3 Å². The van der Waals surface area contributed by atoms with Gasteiger partial charge in [-0.15, -0.1) is 11.3 Å². The zero-order valence-electron chi connectivity index (χ0n) is 15.1. The molecule has 0 radical (unpaired) electrons. The third kappa shape index (κ3) is 5.23. The highest BCUT2D eigenvalue weighted by atomic mass is 32.1. The van der Waals surface area contributed by atoms with Crippen molar-refractivity contribution in [1.82, 2.24) is 9.80 Å². The minimum atomic E-state index is -4.34. The number of rotatable bonds is 5. The summed E-state index contributed by atoms with van der Waals surface area (Å²) in [5.41, 5.74) is -0.0570. The molecule has 2 heterocycles. The van der Waals surface area contributed by atoms with E-state index in [4.69, 9.17) is 0 Å². The molecule has 1 aliphatic rings. The summed E-state index contributed by atoms with van der Waals surface area (Å²) in [6.45, 7) is 3.43. The lowest BCUT2D eigenvalue weighted by Crippen LogP contribution is -2.49. The maximum atomic E-state index is 12.9. The van der Waals surface area contributed by atoms with Crippen LogP contribution in [-0.2, 0) is 17.5 Å². The number of alkyl halides is 3. The summed E-state index contributed by atoms with van der Waals surface area (Å²) in [6, 6.07) is 9.38. The van der Waals surface area contributed by atoms with Gasteiger partial charge in [0.05, 0.1) is 18.7 Å². The first-order valence-corrected chi connectivity index (χ1v) is 9.62. The summed E-state index contributed by atoms with van der Waals surface area (Å²) in [5, 5.41) is 1.99. The summed E-state index contributed by atoms with van der Waals surface area (Å²) in [6.07, 6.45) is -4.34. The Morgan fingerprint density at radius 2 is 1.89 bits per heavy atom. The molecule has 0 spiro atoms. The predicted octanol–water partition coefficient (Wildman–Crippen LogP) is 3.55. The van der Waals surface area contributed by atoms with Gasteiger partial charge in [0.1, 0.15) is 0 Å². The fraction of sp³-hybridized carbons (Fsp3) is 0.421. The number of nitrogens with zero attached hydrogens (tertiary/aromatic N) is 3. The molecule has 4 nitrogen and oxygen atoms in total. The largest absolute Gasteiger partial charge is 0.416 e. The third-order valence-corrected chi connectivity index (χ3v) is 5.53. The third-order valence-electron chi connectivity index (χ3n) is 4.67. The maximum absolute atomic E-state index is 12.9. The second-order valence-corrected chi connectivity index (χ2v) is 7.67. The average Bonchev–Trinajstić information content (AvgIpc) is 3.15. The molecular weight excluding hydrogens is 375 g/mol. The van der Waals surface area contributed by atoms with Crippen LogP contribution in [0.1, 0.15) is 10.4 Å². The topological polar surface area (TPSA) is 26.8 Å². The number of thiophene rings is 1. The van der Waals surface area contributed by atoms with Crippen LogP contribution in [-0.4, -0.2) is 55.5 Å². The van der Waals surface area contributed by atoms with Crippen LogP contribution in [0.25, 0.3) is 0 Å². The smallest absolute Gasteiger partial charge is 0.369 e. The number of carbonyl (C=O) groups excluding carboxylic acids is 1. The van der Waals surface area contributed by atoms with Crippen molar-refractivity contribution in [2.75, 3.05) is 44.7 Å². The Morgan fingerprint density at radius 3 is 2.52 bits per heavy atom. The van der Waals surface area contributed by atoms with Crippen LogP contribution in [0.2, 0.25) is 0 Å². The summed E-state index contributed by atoms with van der Waals surface area (Å²) < 4.78 is 38.7. The molecule has 0 N–H and O–H groups in total. The molecule has 0 unspecified atom stereocenters. The quantitative estimate of drug-likeness (QED) is 0.772. The van der Waals surface area contributed by atoms with Crippen LogP contribution in [0.5, 0.6) is 0 Å². The molecule has 1 aromatic carbocycles. The first-order valence-electron chi connectivity index (χ1n) is 8.74. The molecule has 2 aromatic rings. The fourth-order valence-electron chi connectivity index (χ4n) is 3.08. The first kappa shape index (κ1) is 19.7. The minimum absolute atomic E-state index is 0.0518. The molecule has 146 valence electrons. The summed E-state index contributed by atoms with van der Waals surface area (Å²) in [5.74, 6) is 0.0518. The van der Waals surface area contributed by atoms with E-state index < -0.39 is 11.7 Å². The Hall–Kier alpha value is -2.06. The van der Waals surface area contributed by atoms with Gasteiger partial charge in [-0.1, -0.05) is 12.1 Å². The molecule has 0 saturated carbocycles. The van der Waals surface area contributed by atoms with Crippen molar-refractivity contribution in [3.63, 3.8) is 0 Å². The normalized spacial score (nSPS) is 15.8. The highest BCUT2D eigenvalue weighted by molar-refractivity contribution is 7.09. The van der Waals surface area contributed by atoms with E-state index in [2.05, 4.69) is 4.90 Å². The highest BCUT2D eigenvalue weighted by Crippen LogP contribution is 2.31. The van der Waals surface area contributed by atoms with Crippen molar-refractivity contribution in [2.45, 2.75) is 12.7 Å². The first-order chi connectivity index (χ1) is 12.8. The number of hydrogen-bond donors (Lipinski definition) is 0. The van der Waals surface area contributed by atoms with Crippen LogP contribution in [0.15, 0.2) is 41.8 Å². The molecule has 0 atom stereocenters. The molecule has 1 aromatic heterocycles. The second kappa shape index (κ2) is 8.31. The van der Waals surface area contributed by atoms with Crippen molar-refractivity contribution < 1.29 is 18.0 Å². The lowest BCUT2D eigenvalue weighted by atomic mass is 10.1. The van der Waals surface area contributed by atoms with Gasteiger partial charge in [0.15, 0.2) is 0 Å². The molecule has 0 aliphatic carbocycles. The Morgan fingerprint density at radius 1 is 1.15 bits per heavy atom. The molecule has 1 aliphatic heterocycles. The second-order valence-electron chi connectivity index (χ2n) is 6.64. The zero-order valence-corrected chi connectivity index (χ0v) is 15.9. The molecule has 1 fully saturated rings. The Labute approximate surface area is 160 Å². The van der Waals surface area contributed by atoms with Crippen LogP contribution in [0, 0.1) is 0 Å². The van der Waals surface area contributed by atoms with Gasteiger partial charge in [-0.2, -0.15) is 13.2 Å². The van der Waals surface area contributed by atoms with Gasteiger partial charge < -0.3 is 9.80 Å². The number of likely N-dealkylation sites (N-methyl/N-ethyl adjacent to an activating group) is 1. The lowest BCUT2D eigenvalue weighted by molar-refractivity contribution is -0.137. The highest BCUT2D eigenvalue weighted by Gasteiger charge is 2.31. The monoisotopic (exact) mass is 397 g/mol. The Kier molecular flexibility index (Phi) is 6.06. The minimum Gasteiger partial charge on any atom is -0.369 e. The van der Waals surface area contributed by atoms with E-state index in [0.29, 0.717) is 45.0 Å². The standard InChI is InChI=1S/C19H22F3N3OS/c1-23(13-17-6-3-11-27-17)18(26)14-24-7-9-25(10-8-24)16-5-2-4-15(12-16)19(20,21)22/h2-6,11-12H,7-10,13-14H2,1H3. The van der Waals surface area contributed by atoms with Gasteiger partial charge in [0.2, 0.25) is 5.91 Å². The maximum Gasteiger partial charge on any atom is 0.416 e. The van der Waals surface area contributed by atoms with E-state index in [1.54, 1.807) is 29.4 Å². The van der Waals surface area contributed by atoms with Gasteiger partial charge >= 0.3 is 6.18 Å². The number of halogens is 3. The van der Waals surface area contributed by atoms with Crippen molar-refractivity contribution in [1.29, 1.82) is 0 Å². The Balaban J connectivity index is 1.51. The van der Waals surface area contributed by atoms with Gasteiger partial charge in [0, 0.05) is 43.8 Å². The Bertz CT molecular complexity index is 756. The summed E-state index contributed by atoms with van der Waals surface area (Å²) in [4.78, 5) is 19.2. The number of hydrogen-bond acceptors (Lipinski definition) is 4.